The fraction of sp³-hybridized carbons (Fsp3) is 0.111. The number of carbonyl (C=O) groups excluding carboxylic acids is 2. The smallest absolute Gasteiger partial charge is 0.311 e. The van der Waals surface area contributed by atoms with Gasteiger partial charge in [-0.2, -0.15) is 0 Å². The molecule has 0 bridgehead atoms. The fourth-order valence-corrected chi connectivity index (χ4v) is 3.74. The maximum Gasteiger partial charge on any atom is 0.311 e. The molecule has 1 heterocycles. The van der Waals surface area contributed by atoms with Crippen molar-refractivity contribution in [2.45, 2.75) is 13.0 Å². The molecular weight excluding hydrogens is 492 g/mol. The third kappa shape index (κ3) is 5.73. The molecule has 0 aliphatic rings. The number of carbonyl (C=O) groups is 2. The van der Waals surface area contributed by atoms with E-state index in [9.17, 15) is 24.8 Å². The van der Waals surface area contributed by atoms with Crippen LogP contribution in [0.4, 0.5) is 11.4 Å². The lowest BCUT2D eigenvalue weighted by Gasteiger charge is -2.16. The summed E-state index contributed by atoms with van der Waals surface area (Å²) in [5, 5.41) is 23.9. The summed E-state index contributed by atoms with van der Waals surface area (Å²) in [6.45, 7) is 2.04. The van der Waals surface area contributed by atoms with E-state index in [1.165, 1.54) is 12.3 Å². The Kier molecular flexibility index (Phi) is 7.57. The van der Waals surface area contributed by atoms with Crippen LogP contribution in [0.15, 0.2) is 83.5 Å². The van der Waals surface area contributed by atoms with E-state index in [-0.39, 0.29) is 17.4 Å². The van der Waals surface area contributed by atoms with Gasteiger partial charge < -0.3 is 19.6 Å². The van der Waals surface area contributed by atoms with Crippen molar-refractivity contribution in [1.29, 1.82) is 0 Å². The summed E-state index contributed by atoms with van der Waals surface area (Å²) >= 11 is 0. The van der Waals surface area contributed by atoms with Crippen LogP contribution in [-0.4, -0.2) is 29.0 Å². The van der Waals surface area contributed by atoms with Gasteiger partial charge in [-0.3, -0.25) is 30.6 Å². The molecule has 4 aromatic rings. The van der Waals surface area contributed by atoms with E-state index in [0.717, 1.165) is 29.1 Å². The third-order valence-corrected chi connectivity index (χ3v) is 5.79. The SMILES string of the molecule is COc1ccc(C(C)Nc2ccc(-c3ccoc3C(=O)NNC(=O)c3ccc(O)c([N+](=O)[O-])c3)cc2)cc1. The zero-order valence-electron chi connectivity index (χ0n) is 20.4. The van der Waals surface area contributed by atoms with Crippen LogP contribution in [0.5, 0.6) is 11.5 Å². The quantitative estimate of drug-likeness (QED) is 0.192. The van der Waals surface area contributed by atoms with E-state index in [1.807, 2.05) is 55.5 Å². The first kappa shape index (κ1) is 25.8. The summed E-state index contributed by atoms with van der Waals surface area (Å²) in [5.41, 5.74) is 6.85. The molecule has 0 aliphatic carbocycles. The molecule has 2 amide bonds. The second-order valence-electron chi connectivity index (χ2n) is 8.25. The molecule has 0 saturated heterocycles. The van der Waals surface area contributed by atoms with Gasteiger partial charge in [0.05, 0.1) is 18.3 Å². The van der Waals surface area contributed by atoms with Gasteiger partial charge in [-0.1, -0.05) is 24.3 Å². The first-order chi connectivity index (χ1) is 18.3. The van der Waals surface area contributed by atoms with Gasteiger partial charge in [-0.05, 0) is 60.5 Å². The first-order valence-corrected chi connectivity index (χ1v) is 11.4. The van der Waals surface area contributed by atoms with Crippen LogP contribution in [0.1, 0.15) is 39.4 Å². The standard InChI is InChI=1S/C27H24N4O7/c1-16(17-5-10-21(37-2)11-6-17)28-20-8-3-18(4-9-20)22-13-14-38-25(22)27(34)30-29-26(33)19-7-12-24(32)23(15-19)31(35)36/h3-16,28,32H,1-2H3,(H,29,33)(H,30,34). The molecule has 1 aromatic heterocycles. The number of amides is 2. The molecule has 4 rings (SSSR count). The number of furan rings is 1. The number of phenols is 1. The molecule has 0 radical (unpaired) electrons. The molecule has 4 N–H and O–H groups in total. The van der Waals surface area contributed by atoms with Gasteiger partial charge in [0.25, 0.3) is 5.91 Å². The molecule has 11 heteroatoms. The average molecular weight is 517 g/mol. The van der Waals surface area contributed by atoms with E-state index >= 15 is 0 Å². The van der Waals surface area contributed by atoms with Crippen molar-refractivity contribution in [1.82, 2.24) is 10.9 Å². The van der Waals surface area contributed by atoms with Gasteiger partial charge in [0.2, 0.25) is 5.76 Å². The summed E-state index contributed by atoms with van der Waals surface area (Å²) in [6, 6.07) is 20.0. The Morgan fingerprint density at radius 3 is 2.32 bits per heavy atom. The van der Waals surface area contributed by atoms with Crippen LogP contribution in [0.25, 0.3) is 11.1 Å². The Bertz CT molecular complexity index is 1460. The molecule has 0 fully saturated rings. The maximum absolute atomic E-state index is 12.7. The highest BCUT2D eigenvalue weighted by atomic mass is 16.6. The number of nitrogens with one attached hydrogen (secondary N) is 3. The van der Waals surface area contributed by atoms with Crippen molar-refractivity contribution in [2.24, 2.45) is 0 Å². The van der Waals surface area contributed by atoms with Crippen molar-refractivity contribution < 1.29 is 28.8 Å². The molecular formula is C27H24N4O7. The molecule has 1 atom stereocenters. The number of nitro groups is 1. The Morgan fingerprint density at radius 2 is 1.66 bits per heavy atom. The molecule has 0 aliphatic heterocycles. The Morgan fingerprint density at radius 1 is 0.974 bits per heavy atom. The summed E-state index contributed by atoms with van der Waals surface area (Å²) in [4.78, 5) is 35.2. The van der Waals surface area contributed by atoms with Gasteiger partial charge >= 0.3 is 11.6 Å². The number of rotatable bonds is 8. The minimum Gasteiger partial charge on any atom is -0.502 e. The van der Waals surface area contributed by atoms with Crippen molar-refractivity contribution in [2.75, 3.05) is 12.4 Å². The number of anilines is 1. The van der Waals surface area contributed by atoms with Gasteiger partial charge in [-0.25, -0.2) is 0 Å². The zero-order chi connectivity index (χ0) is 27.2. The first-order valence-electron chi connectivity index (χ1n) is 11.4. The van der Waals surface area contributed by atoms with Crippen LogP contribution in [-0.2, 0) is 0 Å². The normalized spacial score (nSPS) is 11.3. The molecule has 0 saturated carbocycles. The van der Waals surface area contributed by atoms with Crippen LogP contribution >= 0.6 is 0 Å². The number of phenolic OH excluding ortho intramolecular Hbond substituents is 1. The summed E-state index contributed by atoms with van der Waals surface area (Å²) in [6.07, 6.45) is 1.35. The van der Waals surface area contributed by atoms with Crippen LogP contribution in [0, 0.1) is 10.1 Å². The van der Waals surface area contributed by atoms with E-state index < -0.39 is 28.2 Å². The van der Waals surface area contributed by atoms with Crippen molar-refractivity contribution in [3.05, 3.63) is 106 Å². The molecule has 3 aromatic carbocycles. The number of benzene rings is 3. The molecule has 194 valence electrons. The largest absolute Gasteiger partial charge is 0.502 e. The van der Waals surface area contributed by atoms with Gasteiger partial charge in [0.15, 0.2) is 5.75 Å². The van der Waals surface area contributed by atoms with Gasteiger partial charge in [-0.15, -0.1) is 0 Å². The lowest BCUT2D eigenvalue weighted by molar-refractivity contribution is -0.385. The Hall–Kier alpha value is -5.32. The van der Waals surface area contributed by atoms with E-state index in [1.54, 1.807) is 13.2 Å². The zero-order valence-corrected chi connectivity index (χ0v) is 20.4. The highest BCUT2D eigenvalue weighted by Crippen LogP contribution is 2.28. The number of aromatic hydroxyl groups is 1. The number of hydrazine groups is 1. The number of methoxy groups -OCH3 is 1. The van der Waals surface area contributed by atoms with Crippen LogP contribution in [0.3, 0.4) is 0 Å². The van der Waals surface area contributed by atoms with Crippen LogP contribution < -0.4 is 20.9 Å². The minimum atomic E-state index is -0.819. The predicted octanol–water partition coefficient (Wildman–Crippen LogP) is 4.82. The monoisotopic (exact) mass is 516 g/mol. The molecule has 11 nitrogen and oxygen atoms in total. The maximum atomic E-state index is 12.7. The summed E-state index contributed by atoms with van der Waals surface area (Å²) in [5.74, 6) is -1.35. The number of hydrogen-bond acceptors (Lipinski definition) is 8. The average Bonchev–Trinajstić information content (AvgIpc) is 3.42. The lowest BCUT2D eigenvalue weighted by Crippen LogP contribution is -2.41. The highest BCUT2D eigenvalue weighted by Gasteiger charge is 2.20. The lowest BCUT2D eigenvalue weighted by atomic mass is 10.0. The minimum absolute atomic E-state index is 0.0331. The van der Waals surface area contributed by atoms with Crippen molar-refractivity contribution >= 4 is 23.2 Å². The van der Waals surface area contributed by atoms with Crippen LogP contribution in [0.2, 0.25) is 0 Å². The fourth-order valence-electron chi connectivity index (χ4n) is 3.74. The second-order valence-corrected chi connectivity index (χ2v) is 8.25. The highest BCUT2D eigenvalue weighted by molar-refractivity contribution is 6.01. The number of nitrogens with zero attached hydrogens (tertiary/aromatic N) is 1. The van der Waals surface area contributed by atoms with E-state index in [4.69, 9.17) is 9.15 Å². The van der Waals surface area contributed by atoms with Crippen molar-refractivity contribution in [3.8, 4) is 22.6 Å². The van der Waals surface area contributed by atoms with Gasteiger partial charge in [0, 0.05) is 28.9 Å². The number of nitro benzene ring substituents is 1. The Balaban J connectivity index is 1.40. The van der Waals surface area contributed by atoms with E-state index in [0.29, 0.717) is 11.1 Å². The molecule has 0 spiro atoms. The third-order valence-electron chi connectivity index (χ3n) is 5.79. The second kappa shape index (κ2) is 11.2. The van der Waals surface area contributed by atoms with Crippen molar-refractivity contribution in [3.63, 3.8) is 0 Å². The Labute approximate surface area is 217 Å². The number of ether oxygens (including phenoxy) is 1. The predicted molar refractivity (Wildman–Crippen MR) is 139 cm³/mol. The molecule has 38 heavy (non-hydrogen) atoms. The molecule has 1 unspecified atom stereocenters. The van der Waals surface area contributed by atoms with E-state index in [2.05, 4.69) is 16.2 Å². The topological polar surface area (TPSA) is 156 Å². The number of hydrogen-bond donors (Lipinski definition) is 4. The summed E-state index contributed by atoms with van der Waals surface area (Å²) < 4.78 is 10.5. The van der Waals surface area contributed by atoms with Gasteiger partial charge in [0.1, 0.15) is 5.75 Å². The summed E-state index contributed by atoms with van der Waals surface area (Å²) in [7, 11) is 1.62.